The van der Waals surface area contributed by atoms with E-state index in [1.54, 1.807) is 21.0 Å². The molecule has 1 heterocycles. The van der Waals surface area contributed by atoms with E-state index in [1.807, 2.05) is 0 Å². The molecule has 74 valence electrons. The first-order valence-electron chi connectivity index (χ1n) is 4.09. The van der Waals surface area contributed by atoms with E-state index in [-0.39, 0.29) is 18.5 Å². The lowest BCUT2D eigenvalue weighted by molar-refractivity contribution is -0.129. The highest BCUT2D eigenvalue weighted by Crippen LogP contribution is 2.17. The van der Waals surface area contributed by atoms with E-state index in [0.29, 0.717) is 6.61 Å². The molecule has 3 amide bonds. The number of ether oxygens (including phenoxy) is 1. The van der Waals surface area contributed by atoms with Crippen molar-refractivity contribution in [2.75, 3.05) is 20.3 Å². The smallest absolute Gasteiger partial charge is 0.325 e. The van der Waals surface area contributed by atoms with Gasteiger partial charge >= 0.3 is 6.03 Å². The van der Waals surface area contributed by atoms with Crippen LogP contribution < -0.4 is 5.32 Å². The molecule has 0 unspecified atom stereocenters. The molecule has 1 saturated heterocycles. The Morgan fingerprint density at radius 3 is 2.54 bits per heavy atom. The van der Waals surface area contributed by atoms with Crippen molar-refractivity contribution in [2.45, 2.75) is 19.4 Å². The van der Waals surface area contributed by atoms with Crippen LogP contribution in [0.5, 0.6) is 0 Å². The standard InChI is InChI=1S/C8H14N2O3/c1-8(2,5-13-3)10-6(11)4-9-7(10)12/h4-5H2,1-3H3,(H,9,12). The molecule has 0 radical (unpaired) electrons. The van der Waals surface area contributed by atoms with Crippen molar-refractivity contribution >= 4 is 11.9 Å². The Kier molecular flexibility index (Phi) is 2.56. The molecule has 1 aliphatic heterocycles. The first kappa shape index (κ1) is 9.98. The van der Waals surface area contributed by atoms with Crippen LogP contribution in [0.15, 0.2) is 0 Å². The Morgan fingerprint density at radius 2 is 2.15 bits per heavy atom. The summed E-state index contributed by atoms with van der Waals surface area (Å²) in [6.07, 6.45) is 0. The summed E-state index contributed by atoms with van der Waals surface area (Å²) in [6.45, 7) is 4.01. The van der Waals surface area contributed by atoms with Crippen molar-refractivity contribution in [1.82, 2.24) is 10.2 Å². The van der Waals surface area contributed by atoms with Gasteiger partial charge in [0.2, 0.25) is 0 Å². The number of carbonyl (C=O) groups is 2. The molecule has 0 atom stereocenters. The number of nitrogens with one attached hydrogen (secondary N) is 1. The van der Waals surface area contributed by atoms with Gasteiger partial charge in [0.05, 0.1) is 18.7 Å². The van der Waals surface area contributed by atoms with Crippen LogP contribution in [-0.2, 0) is 9.53 Å². The molecule has 13 heavy (non-hydrogen) atoms. The number of hydrogen-bond acceptors (Lipinski definition) is 3. The lowest BCUT2D eigenvalue weighted by Gasteiger charge is -2.31. The maximum absolute atomic E-state index is 11.3. The zero-order chi connectivity index (χ0) is 10.1. The number of carbonyl (C=O) groups excluding carboxylic acids is 2. The normalized spacial score (nSPS) is 17.9. The summed E-state index contributed by atoms with van der Waals surface area (Å²) in [5.74, 6) is -0.202. The molecule has 1 rings (SSSR count). The van der Waals surface area contributed by atoms with Gasteiger partial charge in [-0.2, -0.15) is 0 Å². The molecule has 1 aliphatic rings. The summed E-state index contributed by atoms with van der Waals surface area (Å²) in [6, 6.07) is -0.341. The second-order valence-corrected chi connectivity index (χ2v) is 3.63. The molecule has 0 bridgehead atoms. The molecule has 0 aromatic heterocycles. The van der Waals surface area contributed by atoms with Gasteiger partial charge in [-0.1, -0.05) is 0 Å². The van der Waals surface area contributed by atoms with Gasteiger partial charge in [-0.3, -0.25) is 9.69 Å². The average Bonchev–Trinajstić information content (AvgIpc) is 2.31. The van der Waals surface area contributed by atoms with Gasteiger partial charge < -0.3 is 10.1 Å². The molecule has 0 saturated carbocycles. The van der Waals surface area contributed by atoms with E-state index < -0.39 is 5.54 Å². The maximum Gasteiger partial charge on any atom is 0.325 e. The summed E-state index contributed by atoms with van der Waals surface area (Å²) in [7, 11) is 1.54. The minimum atomic E-state index is -0.577. The number of amides is 3. The van der Waals surface area contributed by atoms with Crippen molar-refractivity contribution < 1.29 is 14.3 Å². The molecule has 5 nitrogen and oxygen atoms in total. The predicted octanol–water partition coefficient (Wildman–Crippen LogP) is -0.0368. The van der Waals surface area contributed by atoms with E-state index in [9.17, 15) is 9.59 Å². The van der Waals surface area contributed by atoms with Crippen molar-refractivity contribution in [3.63, 3.8) is 0 Å². The lowest BCUT2D eigenvalue weighted by Crippen LogP contribution is -2.50. The Labute approximate surface area is 77.0 Å². The Bertz CT molecular complexity index is 222. The van der Waals surface area contributed by atoms with Crippen LogP contribution in [0.2, 0.25) is 0 Å². The number of nitrogens with zero attached hydrogens (tertiary/aromatic N) is 1. The van der Waals surface area contributed by atoms with Gasteiger partial charge in [0.15, 0.2) is 0 Å². The van der Waals surface area contributed by atoms with Crippen molar-refractivity contribution in [3.8, 4) is 0 Å². The fraction of sp³-hybridized carbons (Fsp3) is 0.750. The number of rotatable bonds is 3. The van der Waals surface area contributed by atoms with E-state index in [4.69, 9.17) is 4.74 Å². The molecule has 0 spiro atoms. The Balaban J connectivity index is 2.79. The summed E-state index contributed by atoms with van der Waals surface area (Å²) < 4.78 is 4.94. The number of methoxy groups -OCH3 is 1. The second kappa shape index (κ2) is 3.33. The molecule has 5 heteroatoms. The van der Waals surface area contributed by atoms with Crippen molar-refractivity contribution in [2.24, 2.45) is 0 Å². The highest BCUT2D eigenvalue weighted by atomic mass is 16.5. The van der Waals surface area contributed by atoms with E-state index in [1.165, 1.54) is 4.90 Å². The number of imide groups is 1. The second-order valence-electron chi connectivity index (χ2n) is 3.63. The lowest BCUT2D eigenvalue weighted by atomic mass is 10.1. The largest absolute Gasteiger partial charge is 0.382 e. The van der Waals surface area contributed by atoms with Gasteiger partial charge in [0.1, 0.15) is 0 Å². The molecule has 0 aromatic carbocycles. The third-order valence-electron chi connectivity index (χ3n) is 1.95. The molecular formula is C8H14N2O3. The third kappa shape index (κ3) is 1.80. The van der Waals surface area contributed by atoms with Crippen LogP contribution in [0, 0.1) is 0 Å². The fourth-order valence-corrected chi connectivity index (χ4v) is 1.45. The van der Waals surface area contributed by atoms with Gasteiger partial charge in [-0.25, -0.2) is 4.79 Å². The average molecular weight is 186 g/mol. The van der Waals surface area contributed by atoms with Gasteiger partial charge in [0, 0.05) is 7.11 Å². The van der Waals surface area contributed by atoms with E-state index in [0.717, 1.165) is 0 Å². The summed E-state index contributed by atoms with van der Waals surface area (Å²) >= 11 is 0. The van der Waals surface area contributed by atoms with Crippen molar-refractivity contribution in [1.29, 1.82) is 0 Å². The first-order chi connectivity index (χ1) is 5.99. The minimum absolute atomic E-state index is 0.0893. The summed E-state index contributed by atoms with van der Waals surface area (Å²) in [5.41, 5.74) is -0.577. The number of hydrogen-bond donors (Lipinski definition) is 1. The van der Waals surface area contributed by atoms with Crippen LogP contribution in [0.4, 0.5) is 4.79 Å². The summed E-state index contributed by atoms with van der Waals surface area (Å²) in [5, 5.41) is 2.47. The maximum atomic E-state index is 11.3. The van der Waals surface area contributed by atoms with E-state index in [2.05, 4.69) is 5.32 Å². The highest BCUT2D eigenvalue weighted by molar-refractivity contribution is 6.02. The van der Waals surface area contributed by atoms with Crippen molar-refractivity contribution in [3.05, 3.63) is 0 Å². The van der Waals surface area contributed by atoms with Crippen LogP contribution in [-0.4, -0.2) is 42.6 Å². The zero-order valence-corrected chi connectivity index (χ0v) is 8.09. The summed E-state index contributed by atoms with van der Waals surface area (Å²) in [4.78, 5) is 23.7. The quantitative estimate of drug-likeness (QED) is 0.629. The van der Waals surface area contributed by atoms with E-state index >= 15 is 0 Å². The van der Waals surface area contributed by atoms with Crippen LogP contribution in [0.3, 0.4) is 0 Å². The Morgan fingerprint density at radius 1 is 1.54 bits per heavy atom. The molecule has 1 fully saturated rings. The van der Waals surface area contributed by atoms with Crippen LogP contribution >= 0.6 is 0 Å². The van der Waals surface area contributed by atoms with Gasteiger partial charge in [0.25, 0.3) is 5.91 Å². The minimum Gasteiger partial charge on any atom is -0.382 e. The fourth-order valence-electron chi connectivity index (χ4n) is 1.45. The van der Waals surface area contributed by atoms with Crippen LogP contribution in [0.1, 0.15) is 13.8 Å². The Hall–Kier alpha value is -1.10. The molecule has 0 aromatic rings. The molecule has 1 N–H and O–H groups in total. The first-order valence-corrected chi connectivity index (χ1v) is 4.09. The topological polar surface area (TPSA) is 58.6 Å². The highest BCUT2D eigenvalue weighted by Gasteiger charge is 2.40. The van der Waals surface area contributed by atoms with Gasteiger partial charge in [-0.15, -0.1) is 0 Å². The van der Waals surface area contributed by atoms with Gasteiger partial charge in [-0.05, 0) is 13.8 Å². The molecule has 0 aliphatic carbocycles. The predicted molar refractivity (Wildman–Crippen MR) is 46.2 cm³/mol. The SMILES string of the molecule is COCC(C)(C)N1C(=O)CNC1=O. The van der Waals surface area contributed by atoms with Crippen LogP contribution in [0.25, 0.3) is 0 Å². The zero-order valence-electron chi connectivity index (χ0n) is 8.09. The number of urea groups is 1. The molecular weight excluding hydrogens is 172 g/mol. The monoisotopic (exact) mass is 186 g/mol. The third-order valence-corrected chi connectivity index (χ3v) is 1.95.